The zero-order valence-electron chi connectivity index (χ0n) is 6.82. The van der Waals surface area contributed by atoms with Gasteiger partial charge in [0.25, 0.3) is 0 Å². The van der Waals surface area contributed by atoms with Gasteiger partial charge in [-0.05, 0) is 19.9 Å². The SMILES string of the molecule is CCOP(=O)(CO)CCCN. The third-order valence-corrected chi connectivity index (χ3v) is 3.44. The highest BCUT2D eigenvalue weighted by molar-refractivity contribution is 7.58. The molecule has 0 saturated carbocycles. The maximum absolute atomic E-state index is 11.4. The Morgan fingerprint density at radius 2 is 2.27 bits per heavy atom. The molecule has 0 spiro atoms. The molecule has 68 valence electrons. The van der Waals surface area contributed by atoms with E-state index in [4.69, 9.17) is 15.4 Å². The Morgan fingerprint density at radius 1 is 1.64 bits per heavy atom. The van der Waals surface area contributed by atoms with Crippen molar-refractivity contribution in [1.82, 2.24) is 0 Å². The first-order valence-electron chi connectivity index (χ1n) is 3.72. The lowest BCUT2D eigenvalue weighted by atomic mass is 10.5. The largest absolute Gasteiger partial charge is 0.386 e. The number of aliphatic hydroxyl groups is 1. The van der Waals surface area contributed by atoms with Crippen molar-refractivity contribution < 1.29 is 14.2 Å². The summed E-state index contributed by atoms with van der Waals surface area (Å²) in [5.74, 6) is 0. The molecule has 0 fully saturated rings. The Hall–Kier alpha value is 0.110. The van der Waals surface area contributed by atoms with Crippen LogP contribution >= 0.6 is 7.37 Å². The van der Waals surface area contributed by atoms with Crippen LogP contribution in [0, 0.1) is 0 Å². The summed E-state index contributed by atoms with van der Waals surface area (Å²) in [5.41, 5.74) is 5.23. The first kappa shape index (κ1) is 11.1. The lowest BCUT2D eigenvalue weighted by molar-refractivity contribution is 0.283. The van der Waals surface area contributed by atoms with Crippen LogP contribution in [0.25, 0.3) is 0 Å². The van der Waals surface area contributed by atoms with Crippen LogP contribution in [-0.4, -0.2) is 30.8 Å². The van der Waals surface area contributed by atoms with Crippen molar-refractivity contribution in [3.63, 3.8) is 0 Å². The van der Waals surface area contributed by atoms with E-state index < -0.39 is 7.37 Å². The van der Waals surface area contributed by atoms with E-state index >= 15 is 0 Å². The molecule has 3 N–H and O–H groups in total. The summed E-state index contributed by atoms with van der Waals surface area (Å²) in [7, 11) is -2.74. The van der Waals surface area contributed by atoms with Crippen molar-refractivity contribution in [3.8, 4) is 0 Å². The number of rotatable bonds is 6. The molecule has 4 nitrogen and oxygen atoms in total. The van der Waals surface area contributed by atoms with E-state index in [1.165, 1.54) is 0 Å². The van der Waals surface area contributed by atoms with Gasteiger partial charge < -0.3 is 15.4 Å². The van der Waals surface area contributed by atoms with Crippen molar-refractivity contribution in [2.45, 2.75) is 13.3 Å². The molecule has 0 aliphatic carbocycles. The van der Waals surface area contributed by atoms with Crippen molar-refractivity contribution >= 4 is 7.37 Å². The van der Waals surface area contributed by atoms with E-state index in [9.17, 15) is 4.57 Å². The van der Waals surface area contributed by atoms with Crippen molar-refractivity contribution in [3.05, 3.63) is 0 Å². The van der Waals surface area contributed by atoms with Gasteiger partial charge in [0, 0.05) is 6.16 Å². The Balaban J connectivity index is 3.79. The minimum Gasteiger partial charge on any atom is -0.386 e. The van der Waals surface area contributed by atoms with Gasteiger partial charge in [-0.3, -0.25) is 4.57 Å². The third-order valence-electron chi connectivity index (χ3n) is 1.28. The summed E-state index contributed by atoms with van der Waals surface area (Å²) in [6.07, 6.45) is 0.645. The van der Waals surface area contributed by atoms with Crippen LogP contribution in [0.5, 0.6) is 0 Å². The zero-order valence-corrected chi connectivity index (χ0v) is 7.72. The Labute approximate surface area is 67.2 Å². The van der Waals surface area contributed by atoms with E-state index in [-0.39, 0.29) is 6.35 Å². The molecular formula is C6H16NO3P. The summed E-state index contributed by atoms with van der Waals surface area (Å²) in [5, 5.41) is 8.71. The molecule has 0 aliphatic heterocycles. The maximum atomic E-state index is 11.4. The first-order valence-corrected chi connectivity index (χ1v) is 5.71. The predicted octanol–water partition coefficient (Wildman–Crippen LogP) is 0.600. The molecule has 0 saturated heterocycles. The minimum absolute atomic E-state index is 0.374. The Bertz CT molecular complexity index is 140. The van der Waals surface area contributed by atoms with Crippen LogP contribution in [0.4, 0.5) is 0 Å². The van der Waals surface area contributed by atoms with Crippen molar-refractivity contribution in [2.24, 2.45) is 5.73 Å². The van der Waals surface area contributed by atoms with Crippen LogP contribution < -0.4 is 5.73 Å². The predicted molar refractivity (Wildman–Crippen MR) is 44.9 cm³/mol. The number of nitrogens with two attached hydrogens (primary N) is 1. The number of hydrogen-bond acceptors (Lipinski definition) is 4. The molecule has 0 rings (SSSR count). The Kier molecular flexibility index (Phi) is 5.78. The summed E-state index contributed by atoms with van der Waals surface area (Å²) < 4.78 is 16.3. The smallest absolute Gasteiger partial charge is 0.227 e. The van der Waals surface area contributed by atoms with Gasteiger partial charge in [0.1, 0.15) is 6.35 Å². The molecule has 0 aromatic heterocycles. The van der Waals surface area contributed by atoms with Crippen molar-refractivity contribution in [2.75, 3.05) is 25.7 Å². The summed E-state index contributed by atoms with van der Waals surface area (Å²) in [6, 6.07) is 0. The maximum Gasteiger partial charge on any atom is 0.227 e. The molecule has 0 aromatic carbocycles. The summed E-state index contributed by atoms with van der Waals surface area (Å²) >= 11 is 0. The van der Waals surface area contributed by atoms with Gasteiger partial charge in [0.15, 0.2) is 0 Å². The standard InChI is InChI=1S/C6H16NO3P/c1-2-10-11(9,6-8)5-3-4-7/h8H,2-7H2,1H3. The van der Waals surface area contributed by atoms with Crippen LogP contribution in [-0.2, 0) is 9.09 Å². The first-order chi connectivity index (χ1) is 5.18. The molecule has 11 heavy (non-hydrogen) atoms. The van der Waals surface area contributed by atoms with Crippen molar-refractivity contribution in [1.29, 1.82) is 0 Å². The van der Waals surface area contributed by atoms with Crippen LogP contribution in [0.1, 0.15) is 13.3 Å². The van der Waals surface area contributed by atoms with E-state index in [1.807, 2.05) is 0 Å². The summed E-state index contributed by atoms with van der Waals surface area (Å²) in [6.45, 7) is 2.62. The molecular weight excluding hydrogens is 165 g/mol. The van der Waals surface area contributed by atoms with Gasteiger partial charge in [-0.25, -0.2) is 0 Å². The fourth-order valence-corrected chi connectivity index (χ4v) is 2.23. The number of hydrogen-bond donors (Lipinski definition) is 2. The lowest BCUT2D eigenvalue weighted by Crippen LogP contribution is -2.05. The fourth-order valence-electron chi connectivity index (χ4n) is 0.744. The van der Waals surface area contributed by atoms with E-state index in [0.717, 1.165) is 0 Å². The zero-order chi connectivity index (χ0) is 8.74. The van der Waals surface area contributed by atoms with E-state index in [1.54, 1.807) is 6.92 Å². The van der Waals surface area contributed by atoms with Gasteiger partial charge in [0.2, 0.25) is 7.37 Å². The van der Waals surface area contributed by atoms with Gasteiger partial charge in [-0.1, -0.05) is 0 Å². The van der Waals surface area contributed by atoms with Gasteiger partial charge in [-0.15, -0.1) is 0 Å². The molecule has 0 aromatic rings. The van der Waals surface area contributed by atoms with Crippen LogP contribution in [0.2, 0.25) is 0 Å². The highest BCUT2D eigenvalue weighted by Gasteiger charge is 2.19. The highest BCUT2D eigenvalue weighted by atomic mass is 31.2. The van der Waals surface area contributed by atoms with Gasteiger partial charge in [0.05, 0.1) is 6.61 Å². The second-order valence-corrected chi connectivity index (χ2v) is 4.86. The monoisotopic (exact) mass is 181 g/mol. The molecule has 1 atom stereocenters. The quantitative estimate of drug-likeness (QED) is 0.588. The van der Waals surface area contributed by atoms with E-state index in [2.05, 4.69) is 0 Å². The molecule has 1 unspecified atom stereocenters. The topological polar surface area (TPSA) is 72.5 Å². The second kappa shape index (κ2) is 5.72. The normalized spacial score (nSPS) is 16.3. The Morgan fingerprint density at radius 3 is 2.64 bits per heavy atom. The summed E-state index contributed by atoms with van der Waals surface area (Å²) in [4.78, 5) is 0. The van der Waals surface area contributed by atoms with Gasteiger partial charge >= 0.3 is 0 Å². The lowest BCUT2D eigenvalue weighted by Gasteiger charge is -2.13. The molecule has 5 heteroatoms. The molecule has 0 heterocycles. The van der Waals surface area contributed by atoms with Gasteiger partial charge in [-0.2, -0.15) is 0 Å². The molecule has 0 aliphatic rings. The molecule has 0 bridgehead atoms. The molecule has 0 radical (unpaired) electrons. The fraction of sp³-hybridized carbons (Fsp3) is 1.00. The van der Waals surface area contributed by atoms with Crippen LogP contribution in [0.15, 0.2) is 0 Å². The van der Waals surface area contributed by atoms with E-state index in [0.29, 0.717) is 25.7 Å². The highest BCUT2D eigenvalue weighted by Crippen LogP contribution is 2.45. The molecule has 0 amide bonds. The van der Waals surface area contributed by atoms with Crippen LogP contribution in [0.3, 0.4) is 0 Å². The second-order valence-electron chi connectivity index (χ2n) is 2.24. The minimum atomic E-state index is -2.74. The average molecular weight is 181 g/mol. The third kappa shape index (κ3) is 4.53. The number of aliphatic hydroxyl groups excluding tert-OH is 1. The average Bonchev–Trinajstić information content (AvgIpc) is 2.02.